The predicted molar refractivity (Wildman–Crippen MR) is 68.5 cm³/mol. The molecule has 2 heterocycles. The average Bonchev–Trinajstić information content (AvgIpc) is 2.71. The van der Waals surface area contributed by atoms with Crippen LogP contribution in [-0.4, -0.2) is 53.1 Å². The van der Waals surface area contributed by atoms with Crippen LogP contribution in [0.5, 0.6) is 0 Å². The standard InChI is InChI=1S/C10H17ClN6/c1-12-9-14-8(11)15-10(16-9)13-6-7-4-3-5-17(7)2/h7H,3-6H2,1-2H3,(H2,12,13,14,15,16). The smallest absolute Gasteiger partial charge is 0.228 e. The second-order valence-electron chi connectivity index (χ2n) is 4.16. The Morgan fingerprint density at radius 1 is 1.35 bits per heavy atom. The maximum absolute atomic E-state index is 5.80. The molecule has 1 saturated heterocycles. The van der Waals surface area contributed by atoms with Crippen molar-refractivity contribution in [1.29, 1.82) is 0 Å². The molecule has 0 bridgehead atoms. The molecule has 0 amide bonds. The molecule has 17 heavy (non-hydrogen) atoms. The van der Waals surface area contributed by atoms with Crippen LogP contribution in [-0.2, 0) is 0 Å². The van der Waals surface area contributed by atoms with Gasteiger partial charge in [-0.3, -0.25) is 0 Å². The molecule has 1 atom stereocenters. The van der Waals surface area contributed by atoms with E-state index in [1.54, 1.807) is 7.05 Å². The predicted octanol–water partition coefficient (Wildman–Crippen LogP) is 1.07. The van der Waals surface area contributed by atoms with E-state index in [0.717, 1.165) is 13.1 Å². The minimum absolute atomic E-state index is 0.201. The van der Waals surface area contributed by atoms with Gasteiger partial charge < -0.3 is 15.5 Å². The van der Waals surface area contributed by atoms with Crippen molar-refractivity contribution >= 4 is 23.5 Å². The minimum atomic E-state index is 0.201. The summed E-state index contributed by atoms with van der Waals surface area (Å²) in [6, 6.07) is 0.545. The van der Waals surface area contributed by atoms with Crippen molar-refractivity contribution in [2.24, 2.45) is 0 Å². The molecule has 7 heteroatoms. The van der Waals surface area contributed by atoms with E-state index >= 15 is 0 Å². The van der Waals surface area contributed by atoms with Crippen LogP contribution in [0.15, 0.2) is 0 Å². The zero-order chi connectivity index (χ0) is 12.3. The molecule has 0 aromatic carbocycles. The molecule has 1 aliphatic heterocycles. The zero-order valence-electron chi connectivity index (χ0n) is 10.1. The second-order valence-corrected chi connectivity index (χ2v) is 4.50. The van der Waals surface area contributed by atoms with Crippen molar-refractivity contribution in [3.05, 3.63) is 5.28 Å². The molecule has 0 spiro atoms. The molecule has 94 valence electrons. The first kappa shape index (κ1) is 12.3. The van der Waals surface area contributed by atoms with E-state index in [-0.39, 0.29) is 5.28 Å². The minimum Gasteiger partial charge on any atom is -0.357 e. The van der Waals surface area contributed by atoms with E-state index in [1.165, 1.54) is 12.8 Å². The average molecular weight is 257 g/mol. The summed E-state index contributed by atoms with van der Waals surface area (Å²) >= 11 is 5.80. The molecule has 1 unspecified atom stereocenters. The van der Waals surface area contributed by atoms with Crippen molar-refractivity contribution in [2.75, 3.05) is 37.8 Å². The monoisotopic (exact) mass is 256 g/mol. The van der Waals surface area contributed by atoms with Crippen LogP contribution in [0.4, 0.5) is 11.9 Å². The molecule has 2 rings (SSSR count). The first-order chi connectivity index (χ1) is 8.19. The third-order valence-electron chi connectivity index (χ3n) is 3.00. The summed E-state index contributed by atoms with van der Waals surface area (Å²) in [4.78, 5) is 14.5. The van der Waals surface area contributed by atoms with E-state index in [4.69, 9.17) is 11.6 Å². The lowest BCUT2D eigenvalue weighted by Crippen LogP contribution is -2.32. The van der Waals surface area contributed by atoms with E-state index in [2.05, 4.69) is 37.5 Å². The van der Waals surface area contributed by atoms with E-state index in [9.17, 15) is 0 Å². The SMILES string of the molecule is CNc1nc(Cl)nc(NCC2CCCN2C)n1. The maximum atomic E-state index is 5.80. The van der Waals surface area contributed by atoms with Crippen molar-refractivity contribution in [3.63, 3.8) is 0 Å². The number of rotatable bonds is 4. The van der Waals surface area contributed by atoms with Gasteiger partial charge in [0.2, 0.25) is 17.2 Å². The number of nitrogens with one attached hydrogen (secondary N) is 2. The molecule has 1 aliphatic rings. The van der Waals surface area contributed by atoms with E-state index in [0.29, 0.717) is 17.9 Å². The lowest BCUT2D eigenvalue weighted by atomic mass is 10.2. The van der Waals surface area contributed by atoms with Gasteiger partial charge in [0.25, 0.3) is 0 Å². The van der Waals surface area contributed by atoms with Crippen molar-refractivity contribution in [1.82, 2.24) is 19.9 Å². The van der Waals surface area contributed by atoms with Gasteiger partial charge in [-0.25, -0.2) is 0 Å². The Balaban J connectivity index is 1.96. The highest BCUT2D eigenvalue weighted by Crippen LogP contribution is 2.15. The van der Waals surface area contributed by atoms with E-state index < -0.39 is 0 Å². The van der Waals surface area contributed by atoms with Crippen LogP contribution in [0.25, 0.3) is 0 Å². The Kier molecular flexibility index (Phi) is 3.96. The topological polar surface area (TPSA) is 66.0 Å². The number of hydrogen-bond acceptors (Lipinski definition) is 6. The number of likely N-dealkylation sites (tertiary alicyclic amines) is 1. The Labute approximate surface area is 106 Å². The van der Waals surface area contributed by atoms with Gasteiger partial charge in [0, 0.05) is 19.6 Å². The molecule has 6 nitrogen and oxygen atoms in total. The fourth-order valence-electron chi connectivity index (χ4n) is 1.99. The Bertz CT molecular complexity index is 385. The number of likely N-dealkylation sites (N-methyl/N-ethyl adjacent to an activating group) is 1. The van der Waals surface area contributed by atoms with Crippen LogP contribution < -0.4 is 10.6 Å². The van der Waals surface area contributed by atoms with Gasteiger partial charge in [-0.1, -0.05) is 0 Å². The third kappa shape index (κ3) is 3.17. The van der Waals surface area contributed by atoms with Gasteiger partial charge in [0.15, 0.2) is 0 Å². The lowest BCUT2D eigenvalue weighted by molar-refractivity contribution is 0.322. The Morgan fingerprint density at radius 2 is 2.12 bits per heavy atom. The largest absolute Gasteiger partial charge is 0.357 e. The number of halogens is 1. The first-order valence-electron chi connectivity index (χ1n) is 5.72. The Hall–Kier alpha value is -1.14. The summed E-state index contributed by atoms with van der Waals surface area (Å²) in [5, 5.41) is 6.25. The van der Waals surface area contributed by atoms with Gasteiger partial charge in [0.05, 0.1) is 0 Å². The van der Waals surface area contributed by atoms with Crippen molar-refractivity contribution < 1.29 is 0 Å². The summed E-state index contributed by atoms with van der Waals surface area (Å²) in [6.07, 6.45) is 2.46. The summed E-state index contributed by atoms with van der Waals surface area (Å²) in [5.41, 5.74) is 0. The van der Waals surface area contributed by atoms with Crippen LogP contribution in [0, 0.1) is 0 Å². The highest BCUT2D eigenvalue weighted by atomic mass is 35.5. The third-order valence-corrected chi connectivity index (χ3v) is 3.17. The van der Waals surface area contributed by atoms with E-state index in [1.807, 2.05) is 0 Å². The van der Waals surface area contributed by atoms with Gasteiger partial charge in [0.1, 0.15) is 0 Å². The number of aromatic nitrogens is 3. The molecule has 0 aliphatic carbocycles. The molecule has 2 N–H and O–H groups in total. The summed E-state index contributed by atoms with van der Waals surface area (Å²) < 4.78 is 0. The van der Waals surface area contributed by atoms with Crippen LogP contribution in [0.3, 0.4) is 0 Å². The van der Waals surface area contributed by atoms with Crippen molar-refractivity contribution in [3.8, 4) is 0 Å². The molecule has 1 aromatic heterocycles. The van der Waals surface area contributed by atoms with Gasteiger partial charge in [-0.05, 0) is 38.0 Å². The summed E-state index contributed by atoms with van der Waals surface area (Å²) in [5.74, 6) is 1.00. The fraction of sp³-hybridized carbons (Fsp3) is 0.700. The number of nitrogens with zero attached hydrogens (tertiary/aromatic N) is 4. The molecular weight excluding hydrogens is 240 g/mol. The second kappa shape index (κ2) is 5.46. The highest BCUT2D eigenvalue weighted by molar-refractivity contribution is 6.28. The highest BCUT2D eigenvalue weighted by Gasteiger charge is 2.20. The number of anilines is 2. The number of hydrogen-bond donors (Lipinski definition) is 2. The van der Waals surface area contributed by atoms with Crippen molar-refractivity contribution in [2.45, 2.75) is 18.9 Å². The molecule has 1 fully saturated rings. The van der Waals surface area contributed by atoms with Crippen LogP contribution >= 0.6 is 11.6 Å². The molecular formula is C10H17ClN6. The molecule has 0 saturated carbocycles. The summed E-state index contributed by atoms with van der Waals surface area (Å²) in [6.45, 7) is 1.99. The fourth-order valence-corrected chi connectivity index (χ4v) is 2.15. The molecule has 1 aromatic rings. The van der Waals surface area contributed by atoms with Gasteiger partial charge in [-0.2, -0.15) is 15.0 Å². The zero-order valence-corrected chi connectivity index (χ0v) is 10.8. The normalized spacial score (nSPS) is 20.5. The van der Waals surface area contributed by atoms with Gasteiger partial charge >= 0.3 is 0 Å². The first-order valence-corrected chi connectivity index (χ1v) is 6.10. The Morgan fingerprint density at radius 3 is 2.76 bits per heavy atom. The summed E-state index contributed by atoms with van der Waals surface area (Å²) in [7, 11) is 3.89. The maximum Gasteiger partial charge on any atom is 0.228 e. The van der Waals surface area contributed by atoms with Gasteiger partial charge in [-0.15, -0.1) is 0 Å². The lowest BCUT2D eigenvalue weighted by Gasteiger charge is -2.19. The van der Waals surface area contributed by atoms with Crippen LogP contribution in [0.2, 0.25) is 5.28 Å². The van der Waals surface area contributed by atoms with Crippen LogP contribution in [0.1, 0.15) is 12.8 Å². The quantitative estimate of drug-likeness (QED) is 0.840. The molecule has 0 radical (unpaired) electrons.